The minimum atomic E-state index is -3.66. The third-order valence-corrected chi connectivity index (χ3v) is 7.68. The number of carbonyl (C=O) groups excluding carboxylic acids is 2. The number of nitrogens with one attached hydrogen (secondary N) is 2. The van der Waals surface area contributed by atoms with E-state index in [1.54, 1.807) is 19.1 Å². The van der Waals surface area contributed by atoms with Crippen LogP contribution >= 0.6 is 0 Å². The summed E-state index contributed by atoms with van der Waals surface area (Å²) in [6, 6.07) is 15.9. The Balaban J connectivity index is 1.59. The number of rotatable bonds is 7. The third-order valence-electron chi connectivity index (χ3n) is 5.77. The van der Waals surface area contributed by atoms with Crippen molar-refractivity contribution in [1.29, 1.82) is 0 Å². The molecule has 2 N–H and O–H groups in total. The van der Waals surface area contributed by atoms with E-state index in [4.69, 9.17) is 0 Å². The largest absolute Gasteiger partial charge is 0.352 e. The molecule has 31 heavy (non-hydrogen) atoms. The molecule has 0 radical (unpaired) electrons. The van der Waals surface area contributed by atoms with Crippen molar-refractivity contribution in [2.24, 2.45) is 5.41 Å². The Bertz CT molecular complexity index is 1010. The summed E-state index contributed by atoms with van der Waals surface area (Å²) in [7, 11) is -3.66. The molecule has 7 nitrogen and oxygen atoms in total. The predicted octanol–water partition coefficient (Wildman–Crippen LogP) is 3.14. The summed E-state index contributed by atoms with van der Waals surface area (Å²) in [5, 5.41) is 5.68. The van der Waals surface area contributed by atoms with Crippen LogP contribution < -0.4 is 10.6 Å². The molecule has 8 heteroatoms. The first-order valence-electron chi connectivity index (χ1n) is 10.5. The van der Waals surface area contributed by atoms with Gasteiger partial charge in [-0.2, -0.15) is 4.31 Å². The highest BCUT2D eigenvalue weighted by molar-refractivity contribution is 7.89. The highest BCUT2D eigenvalue weighted by atomic mass is 32.2. The Kier molecular flexibility index (Phi) is 7.12. The Morgan fingerprint density at radius 1 is 1.00 bits per heavy atom. The van der Waals surface area contributed by atoms with Crippen molar-refractivity contribution in [3.8, 4) is 0 Å². The van der Waals surface area contributed by atoms with Gasteiger partial charge < -0.3 is 10.6 Å². The molecule has 0 spiro atoms. The zero-order chi connectivity index (χ0) is 22.5. The zero-order valence-electron chi connectivity index (χ0n) is 17.9. The summed E-state index contributed by atoms with van der Waals surface area (Å²) in [5.41, 5.74) is 0.986. The van der Waals surface area contributed by atoms with Crippen LogP contribution in [-0.2, 0) is 26.2 Å². The lowest BCUT2D eigenvalue weighted by Crippen LogP contribution is -2.48. The standard InChI is InChI=1S/C23H29N3O4S/c1-3-21(27)25-19-9-11-20(12-10-19)31(29,30)26-15-13-23(2,14-16-26)22(28)24-17-18-7-5-4-6-8-18/h4-12H,3,13-17H2,1-2H3,(H,24,28)(H,25,27). The van der Waals surface area contributed by atoms with Crippen LogP contribution in [0.25, 0.3) is 0 Å². The second-order valence-electron chi connectivity index (χ2n) is 8.06. The molecule has 1 heterocycles. The second-order valence-corrected chi connectivity index (χ2v) is 10.00. The lowest BCUT2D eigenvalue weighted by atomic mass is 9.80. The zero-order valence-corrected chi connectivity index (χ0v) is 18.7. The average Bonchev–Trinajstić information content (AvgIpc) is 2.78. The minimum Gasteiger partial charge on any atom is -0.352 e. The highest BCUT2D eigenvalue weighted by Crippen LogP contribution is 2.33. The first-order chi connectivity index (χ1) is 14.7. The molecular weight excluding hydrogens is 414 g/mol. The van der Waals surface area contributed by atoms with Crippen LogP contribution in [0.1, 0.15) is 38.7 Å². The highest BCUT2D eigenvalue weighted by Gasteiger charge is 2.40. The minimum absolute atomic E-state index is 0.0515. The van der Waals surface area contributed by atoms with Gasteiger partial charge in [0.15, 0.2) is 0 Å². The maximum Gasteiger partial charge on any atom is 0.243 e. The number of hydrogen-bond acceptors (Lipinski definition) is 4. The summed E-state index contributed by atoms with van der Waals surface area (Å²) < 4.78 is 27.4. The summed E-state index contributed by atoms with van der Waals surface area (Å²) in [5.74, 6) is -0.180. The molecule has 2 amide bonds. The molecule has 1 saturated heterocycles. The number of nitrogens with zero attached hydrogens (tertiary/aromatic N) is 1. The van der Waals surface area contributed by atoms with E-state index in [-0.39, 0.29) is 29.8 Å². The van der Waals surface area contributed by atoms with E-state index in [0.29, 0.717) is 31.5 Å². The average molecular weight is 444 g/mol. The molecule has 0 aromatic heterocycles. The maximum atomic E-state index is 13.0. The monoisotopic (exact) mass is 443 g/mol. The molecule has 1 fully saturated rings. The molecule has 1 aliphatic heterocycles. The fraction of sp³-hybridized carbons (Fsp3) is 0.391. The molecular formula is C23H29N3O4S. The summed E-state index contributed by atoms with van der Waals surface area (Å²) in [6.45, 7) is 4.67. The lowest BCUT2D eigenvalue weighted by Gasteiger charge is -2.37. The Morgan fingerprint density at radius 2 is 1.61 bits per heavy atom. The molecule has 2 aromatic rings. The van der Waals surface area contributed by atoms with Gasteiger partial charge in [0.25, 0.3) is 0 Å². The predicted molar refractivity (Wildman–Crippen MR) is 120 cm³/mol. The third kappa shape index (κ3) is 5.51. The summed E-state index contributed by atoms with van der Waals surface area (Å²) in [6.07, 6.45) is 1.26. The van der Waals surface area contributed by atoms with Gasteiger partial charge in [-0.25, -0.2) is 8.42 Å². The fourth-order valence-electron chi connectivity index (χ4n) is 3.55. The van der Waals surface area contributed by atoms with Crippen LogP contribution in [0.4, 0.5) is 5.69 Å². The van der Waals surface area contributed by atoms with E-state index in [2.05, 4.69) is 10.6 Å². The number of piperidine rings is 1. The number of sulfonamides is 1. The molecule has 0 saturated carbocycles. The van der Waals surface area contributed by atoms with Crippen molar-refractivity contribution in [1.82, 2.24) is 9.62 Å². The van der Waals surface area contributed by atoms with E-state index in [1.165, 1.54) is 16.4 Å². The molecule has 3 rings (SSSR count). The van der Waals surface area contributed by atoms with Crippen molar-refractivity contribution >= 4 is 27.5 Å². The van der Waals surface area contributed by atoms with Gasteiger partial charge in [0.05, 0.1) is 4.90 Å². The Labute approximate surface area is 183 Å². The van der Waals surface area contributed by atoms with Gasteiger partial charge >= 0.3 is 0 Å². The van der Waals surface area contributed by atoms with E-state index >= 15 is 0 Å². The first kappa shape index (κ1) is 23.0. The second kappa shape index (κ2) is 9.62. The van der Waals surface area contributed by atoms with E-state index in [0.717, 1.165) is 5.56 Å². The van der Waals surface area contributed by atoms with Crippen LogP contribution in [0.3, 0.4) is 0 Å². The van der Waals surface area contributed by atoms with E-state index in [1.807, 2.05) is 37.3 Å². The topological polar surface area (TPSA) is 95.6 Å². The van der Waals surface area contributed by atoms with Gasteiger partial charge in [0, 0.05) is 37.2 Å². The van der Waals surface area contributed by atoms with Crippen LogP contribution in [0.2, 0.25) is 0 Å². The van der Waals surface area contributed by atoms with Crippen LogP contribution in [-0.4, -0.2) is 37.6 Å². The van der Waals surface area contributed by atoms with Crippen LogP contribution in [0, 0.1) is 5.41 Å². The first-order valence-corrected chi connectivity index (χ1v) is 11.9. The number of hydrogen-bond donors (Lipinski definition) is 2. The molecule has 1 aliphatic rings. The Morgan fingerprint density at radius 3 is 2.19 bits per heavy atom. The number of carbonyl (C=O) groups is 2. The lowest BCUT2D eigenvalue weighted by molar-refractivity contribution is -0.132. The molecule has 0 aliphatic carbocycles. The molecule has 0 unspecified atom stereocenters. The van der Waals surface area contributed by atoms with Gasteiger partial charge in [-0.3, -0.25) is 9.59 Å². The SMILES string of the molecule is CCC(=O)Nc1ccc(S(=O)(=O)N2CCC(C)(C(=O)NCc3ccccc3)CC2)cc1. The molecule has 0 bridgehead atoms. The van der Waals surface area contributed by atoms with Crippen molar-refractivity contribution in [2.75, 3.05) is 18.4 Å². The van der Waals surface area contributed by atoms with Crippen LogP contribution in [0.5, 0.6) is 0 Å². The number of amides is 2. The number of benzene rings is 2. The molecule has 2 aromatic carbocycles. The van der Waals surface area contributed by atoms with Gasteiger partial charge in [-0.15, -0.1) is 0 Å². The van der Waals surface area contributed by atoms with Gasteiger partial charge in [0.1, 0.15) is 0 Å². The molecule has 166 valence electrons. The van der Waals surface area contributed by atoms with Crippen molar-refractivity contribution < 1.29 is 18.0 Å². The van der Waals surface area contributed by atoms with Gasteiger partial charge in [0.2, 0.25) is 21.8 Å². The van der Waals surface area contributed by atoms with E-state index < -0.39 is 15.4 Å². The number of anilines is 1. The van der Waals surface area contributed by atoms with Crippen molar-refractivity contribution in [3.05, 3.63) is 60.2 Å². The normalized spacial score (nSPS) is 16.5. The van der Waals surface area contributed by atoms with Crippen molar-refractivity contribution in [3.63, 3.8) is 0 Å². The van der Waals surface area contributed by atoms with Gasteiger partial charge in [-0.05, 0) is 42.7 Å². The Hall–Kier alpha value is -2.71. The van der Waals surface area contributed by atoms with Crippen molar-refractivity contribution in [2.45, 2.75) is 44.6 Å². The fourth-order valence-corrected chi connectivity index (χ4v) is 4.99. The molecule has 0 atom stereocenters. The summed E-state index contributed by atoms with van der Waals surface area (Å²) >= 11 is 0. The maximum absolute atomic E-state index is 13.0. The van der Waals surface area contributed by atoms with Gasteiger partial charge in [-0.1, -0.05) is 44.2 Å². The smallest absolute Gasteiger partial charge is 0.243 e. The summed E-state index contributed by atoms with van der Waals surface area (Å²) in [4.78, 5) is 24.4. The quantitative estimate of drug-likeness (QED) is 0.687. The van der Waals surface area contributed by atoms with E-state index in [9.17, 15) is 18.0 Å². The van der Waals surface area contributed by atoms with Crippen LogP contribution in [0.15, 0.2) is 59.5 Å².